The highest BCUT2D eigenvalue weighted by molar-refractivity contribution is 14.0. The summed E-state index contributed by atoms with van der Waals surface area (Å²) in [4.78, 5) is 7.10. The third-order valence-corrected chi connectivity index (χ3v) is 4.83. The van der Waals surface area contributed by atoms with Crippen LogP contribution in [-0.2, 0) is 5.60 Å². The first kappa shape index (κ1) is 24.2. The topological polar surface area (TPSA) is 73.0 Å². The lowest BCUT2D eigenvalue weighted by molar-refractivity contribution is 0.0437. The standard InChI is InChI=1S/C20H36N4O2.HI/c1-5-21-19(23-15-20(4,25)18-8-6-11-26-18)22-9-7-10-24-13-16(2)12-17(3)14-24;/h6,8,11,16-17,25H,5,7,9-10,12-15H2,1-4H3,(H2,21,22,23);1H. The first-order chi connectivity index (χ1) is 12.4. The Kier molecular flexibility index (Phi) is 10.7. The minimum atomic E-state index is -1.11. The molecule has 3 N–H and O–H groups in total. The van der Waals surface area contributed by atoms with Gasteiger partial charge in [0, 0.05) is 26.2 Å². The summed E-state index contributed by atoms with van der Waals surface area (Å²) in [7, 11) is 0. The monoisotopic (exact) mass is 492 g/mol. The highest BCUT2D eigenvalue weighted by Crippen LogP contribution is 2.21. The number of hydrogen-bond acceptors (Lipinski definition) is 4. The SMILES string of the molecule is CCNC(=NCC(C)(O)c1ccco1)NCCCN1CC(C)CC(C)C1.I. The van der Waals surface area contributed by atoms with Gasteiger partial charge in [-0.05, 0) is 57.2 Å². The van der Waals surface area contributed by atoms with Crippen molar-refractivity contribution in [2.45, 2.75) is 46.1 Å². The van der Waals surface area contributed by atoms with E-state index < -0.39 is 5.60 Å². The predicted octanol–water partition coefficient (Wildman–Crippen LogP) is 3.03. The zero-order valence-electron chi connectivity index (χ0n) is 17.2. The molecule has 3 atom stereocenters. The largest absolute Gasteiger partial charge is 0.466 e. The van der Waals surface area contributed by atoms with E-state index in [9.17, 15) is 5.11 Å². The number of hydrogen-bond donors (Lipinski definition) is 3. The highest BCUT2D eigenvalue weighted by atomic mass is 127. The van der Waals surface area contributed by atoms with Crippen molar-refractivity contribution in [1.82, 2.24) is 15.5 Å². The minimum Gasteiger partial charge on any atom is -0.466 e. The fourth-order valence-electron chi connectivity index (χ4n) is 3.72. The van der Waals surface area contributed by atoms with Crippen LogP contribution in [0.3, 0.4) is 0 Å². The van der Waals surface area contributed by atoms with Crippen molar-refractivity contribution in [3.05, 3.63) is 24.2 Å². The van der Waals surface area contributed by atoms with Crippen molar-refractivity contribution in [3.8, 4) is 0 Å². The number of likely N-dealkylation sites (tertiary alicyclic amines) is 1. The number of nitrogens with zero attached hydrogens (tertiary/aromatic N) is 2. The maximum Gasteiger partial charge on any atom is 0.191 e. The molecule has 2 rings (SSSR count). The molecule has 1 aliphatic heterocycles. The number of aliphatic hydroxyl groups is 1. The highest BCUT2D eigenvalue weighted by Gasteiger charge is 2.26. The van der Waals surface area contributed by atoms with Gasteiger partial charge in [0.05, 0.1) is 12.8 Å². The molecule has 0 radical (unpaired) electrons. The summed E-state index contributed by atoms with van der Waals surface area (Å²) in [5.41, 5.74) is -1.11. The molecule has 6 nitrogen and oxygen atoms in total. The summed E-state index contributed by atoms with van der Waals surface area (Å²) >= 11 is 0. The van der Waals surface area contributed by atoms with Crippen LogP contribution < -0.4 is 10.6 Å². The fraction of sp³-hybridized carbons (Fsp3) is 0.750. The van der Waals surface area contributed by atoms with Crippen LogP contribution >= 0.6 is 24.0 Å². The van der Waals surface area contributed by atoms with Crippen molar-refractivity contribution < 1.29 is 9.52 Å². The molecule has 1 saturated heterocycles. The molecule has 1 aromatic rings. The van der Waals surface area contributed by atoms with Crippen LogP contribution in [0.4, 0.5) is 0 Å². The molecule has 0 saturated carbocycles. The summed E-state index contributed by atoms with van der Waals surface area (Å²) in [6.45, 7) is 13.9. The van der Waals surface area contributed by atoms with Crippen LogP contribution in [0, 0.1) is 11.8 Å². The predicted molar refractivity (Wildman–Crippen MR) is 122 cm³/mol. The van der Waals surface area contributed by atoms with Gasteiger partial charge in [-0.15, -0.1) is 24.0 Å². The van der Waals surface area contributed by atoms with Gasteiger partial charge in [-0.2, -0.15) is 0 Å². The van der Waals surface area contributed by atoms with E-state index in [-0.39, 0.29) is 30.5 Å². The van der Waals surface area contributed by atoms with E-state index in [1.165, 1.54) is 19.5 Å². The Balaban J connectivity index is 0.00000364. The van der Waals surface area contributed by atoms with Crippen molar-refractivity contribution in [2.75, 3.05) is 39.3 Å². The molecule has 1 aromatic heterocycles. The number of piperidine rings is 1. The maximum absolute atomic E-state index is 10.5. The van der Waals surface area contributed by atoms with Crippen LogP contribution in [0.1, 0.15) is 46.3 Å². The van der Waals surface area contributed by atoms with Gasteiger partial charge in [-0.3, -0.25) is 0 Å². The summed E-state index contributed by atoms with van der Waals surface area (Å²) in [6, 6.07) is 3.55. The lowest BCUT2D eigenvalue weighted by Crippen LogP contribution is -2.42. The zero-order chi connectivity index (χ0) is 19.0. The van der Waals surface area contributed by atoms with Crippen molar-refractivity contribution in [1.29, 1.82) is 0 Å². The molecule has 27 heavy (non-hydrogen) atoms. The number of aliphatic imine (C=N–C) groups is 1. The van der Waals surface area contributed by atoms with Crippen LogP contribution in [-0.4, -0.2) is 55.2 Å². The summed E-state index contributed by atoms with van der Waals surface area (Å²) in [6.07, 6.45) is 4.00. The molecule has 0 spiro atoms. The smallest absolute Gasteiger partial charge is 0.191 e. The van der Waals surface area contributed by atoms with E-state index in [1.54, 1.807) is 25.3 Å². The number of rotatable bonds is 8. The third kappa shape index (κ3) is 8.39. The van der Waals surface area contributed by atoms with Crippen LogP contribution in [0.2, 0.25) is 0 Å². The van der Waals surface area contributed by atoms with Gasteiger partial charge < -0.3 is 25.1 Å². The van der Waals surface area contributed by atoms with E-state index in [0.29, 0.717) is 5.76 Å². The lowest BCUT2D eigenvalue weighted by atomic mass is 9.92. The maximum atomic E-state index is 10.5. The van der Waals surface area contributed by atoms with Gasteiger partial charge in [-0.1, -0.05) is 13.8 Å². The second-order valence-electron chi connectivity index (χ2n) is 7.93. The number of furan rings is 1. The third-order valence-electron chi connectivity index (χ3n) is 4.83. The second-order valence-corrected chi connectivity index (χ2v) is 7.93. The molecular formula is C20H37IN4O2. The van der Waals surface area contributed by atoms with Crippen LogP contribution in [0.15, 0.2) is 27.8 Å². The molecule has 3 unspecified atom stereocenters. The molecule has 156 valence electrons. The Hall–Kier alpha value is -0.800. The molecule has 0 aromatic carbocycles. The number of nitrogens with one attached hydrogen (secondary N) is 2. The molecule has 0 aliphatic carbocycles. The quantitative estimate of drug-likeness (QED) is 0.225. The molecular weight excluding hydrogens is 455 g/mol. The Morgan fingerprint density at radius 3 is 2.63 bits per heavy atom. The van der Waals surface area contributed by atoms with Crippen molar-refractivity contribution >= 4 is 29.9 Å². The van der Waals surface area contributed by atoms with Gasteiger partial charge in [0.25, 0.3) is 0 Å². The first-order valence-corrected chi connectivity index (χ1v) is 9.91. The zero-order valence-corrected chi connectivity index (χ0v) is 19.5. The van der Waals surface area contributed by atoms with E-state index in [4.69, 9.17) is 4.42 Å². The Morgan fingerprint density at radius 1 is 1.33 bits per heavy atom. The Morgan fingerprint density at radius 2 is 2.04 bits per heavy atom. The van der Waals surface area contributed by atoms with Gasteiger partial charge >= 0.3 is 0 Å². The fourth-order valence-corrected chi connectivity index (χ4v) is 3.72. The average Bonchev–Trinajstić information content (AvgIpc) is 3.11. The minimum absolute atomic E-state index is 0. The van der Waals surface area contributed by atoms with Crippen molar-refractivity contribution in [2.24, 2.45) is 16.8 Å². The molecule has 1 fully saturated rings. The Labute approximate surface area is 181 Å². The molecule has 2 heterocycles. The van der Waals surface area contributed by atoms with E-state index in [0.717, 1.165) is 43.9 Å². The summed E-state index contributed by atoms with van der Waals surface area (Å²) in [5.74, 6) is 2.87. The number of guanidine groups is 1. The van der Waals surface area contributed by atoms with Gasteiger partial charge in [0.2, 0.25) is 0 Å². The van der Waals surface area contributed by atoms with Gasteiger partial charge in [-0.25, -0.2) is 4.99 Å². The average molecular weight is 492 g/mol. The van der Waals surface area contributed by atoms with Crippen LogP contribution in [0.25, 0.3) is 0 Å². The second kappa shape index (κ2) is 11.9. The van der Waals surface area contributed by atoms with Crippen LogP contribution in [0.5, 0.6) is 0 Å². The molecule has 0 amide bonds. The first-order valence-electron chi connectivity index (χ1n) is 9.91. The molecule has 0 bridgehead atoms. The molecule has 1 aliphatic rings. The summed E-state index contributed by atoms with van der Waals surface area (Å²) < 4.78 is 5.31. The Bertz CT molecular complexity index is 538. The van der Waals surface area contributed by atoms with Gasteiger partial charge in [0.1, 0.15) is 11.4 Å². The van der Waals surface area contributed by atoms with Gasteiger partial charge in [0.15, 0.2) is 5.96 Å². The normalized spacial score (nSPS) is 23.4. The summed E-state index contributed by atoms with van der Waals surface area (Å²) in [5, 5.41) is 17.1. The van der Waals surface area contributed by atoms with E-state index in [1.807, 2.05) is 6.92 Å². The molecule has 7 heteroatoms. The number of halogens is 1. The lowest BCUT2D eigenvalue weighted by Gasteiger charge is -2.35. The van der Waals surface area contributed by atoms with Crippen molar-refractivity contribution in [3.63, 3.8) is 0 Å². The van der Waals surface area contributed by atoms with E-state index in [2.05, 4.69) is 34.4 Å². The van der Waals surface area contributed by atoms with E-state index >= 15 is 0 Å².